The molecule has 0 saturated carbocycles. The summed E-state index contributed by atoms with van der Waals surface area (Å²) in [5.41, 5.74) is 2.38. The van der Waals surface area contributed by atoms with Crippen molar-refractivity contribution in [1.29, 1.82) is 0 Å². The van der Waals surface area contributed by atoms with Crippen LogP contribution in [0.15, 0.2) is 51.7 Å². The summed E-state index contributed by atoms with van der Waals surface area (Å²) >= 11 is 5.99. The first-order chi connectivity index (χ1) is 10.1. The van der Waals surface area contributed by atoms with Gasteiger partial charge < -0.3 is 9.73 Å². The summed E-state index contributed by atoms with van der Waals surface area (Å²) in [4.78, 5) is 25.7. The molecule has 1 aromatic heterocycles. The fraction of sp³-hybridized carbons (Fsp3) is 0.0667. The summed E-state index contributed by atoms with van der Waals surface area (Å²) in [6, 6.07) is 12.1. The Kier molecular flexibility index (Phi) is 3.50. The molecular weight excluding hydrogens is 292 g/mol. The first kappa shape index (κ1) is 13.5. The molecule has 106 valence electrons. The average molecular weight is 303 g/mol. The Hall–Kier alpha value is -2.53. The summed E-state index contributed by atoms with van der Waals surface area (Å²) in [7, 11) is 0. The number of halogens is 1. The number of H-pyrrole nitrogens is 1. The number of aromatic nitrogens is 1. The summed E-state index contributed by atoms with van der Waals surface area (Å²) in [5.74, 6) is -0.698. The van der Waals surface area contributed by atoms with E-state index in [-0.39, 0.29) is 12.3 Å². The Balaban J connectivity index is 1.77. The number of benzene rings is 2. The van der Waals surface area contributed by atoms with Crippen LogP contribution < -0.4 is 11.1 Å². The lowest BCUT2D eigenvalue weighted by Crippen LogP contribution is -2.14. The normalized spacial score (nSPS) is 10.7. The molecule has 21 heavy (non-hydrogen) atoms. The molecule has 0 aliphatic heterocycles. The van der Waals surface area contributed by atoms with Gasteiger partial charge in [-0.15, -0.1) is 0 Å². The monoisotopic (exact) mass is 302 g/mol. The highest BCUT2D eigenvalue weighted by atomic mass is 35.5. The maximum atomic E-state index is 12.0. The minimum absolute atomic E-state index is 0.175. The van der Waals surface area contributed by atoms with Gasteiger partial charge in [0.05, 0.1) is 22.6 Å². The van der Waals surface area contributed by atoms with Crippen LogP contribution >= 0.6 is 11.6 Å². The van der Waals surface area contributed by atoms with Gasteiger partial charge in [-0.25, -0.2) is 4.79 Å². The van der Waals surface area contributed by atoms with E-state index in [1.165, 1.54) is 0 Å². The van der Waals surface area contributed by atoms with Gasteiger partial charge in [-0.1, -0.05) is 29.8 Å². The molecule has 5 nitrogen and oxygen atoms in total. The van der Waals surface area contributed by atoms with Gasteiger partial charge in [0.2, 0.25) is 5.91 Å². The maximum Gasteiger partial charge on any atom is 0.417 e. The predicted molar refractivity (Wildman–Crippen MR) is 80.6 cm³/mol. The van der Waals surface area contributed by atoms with Crippen molar-refractivity contribution < 1.29 is 9.21 Å². The number of oxazole rings is 1. The molecule has 2 N–H and O–H groups in total. The first-order valence-corrected chi connectivity index (χ1v) is 6.66. The van der Waals surface area contributed by atoms with Crippen LogP contribution in [0.5, 0.6) is 0 Å². The largest absolute Gasteiger partial charge is 0.417 e. The van der Waals surface area contributed by atoms with Crippen LogP contribution in [-0.2, 0) is 11.2 Å². The highest BCUT2D eigenvalue weighted by Crippen LogP contribution is 2.21. The number of rotatable bonds is 3. The Labute approximate surface area is 124 Å². The third-order valence-corrected chi connectivity index (χ3v) is 3.33. The quantitative estimate of drug-likeness (QED) is 0.781. The zero-order chi connectivity index (χ0) is 14.8. The van der Waals surface area contributed by atoms with Crippen molar-refractivity contribution in [2.45, 2.75) is 6.42 Å². The summed E-state index contributed by atoms with van der Waals surface area (Å²) < 4.78 is 4.91. The third-order valence-electron chi connectivity index (χ3n) is 3.00. The molecule has 0 aliphatic carbocycles. The average Bonchev–Trinajstić information content (AvgIpc) is 2.80. The van der Waals surface area contributed by atoms with Gasteiger partial charge in [-0.2, -0.15) is 0 Å². The number of fused-ring (bicyclic) bond motifs is 1. The highest BCUT2D eigenvalue weighted by Gasteiger charge is 2.08. The maximum absolute atomic E-state index is 12.0. The van der Waals surface area contributed by atoms with E-state index in [1.54, 1.807) is 42.5 Å². The number of carbonyl (C=O) groups is 1. The first-order valence-electron chi connectivity index (χ1n) is 6.28. The molecule has 0 fully saturated rings. The van der Waals surface area contributed by atoms with Crippen LogP contribution in [0, 0.1) is 0 Å². The second-order valence-corrected chi connectivity index (χ2v) is 4.96. The lowest BCUT2D eigenvalue weighted by molar-refractivity contribution is -0.115. The van der Waals surface area contributed by atoms with Crippen molar-refractivity contribution in [3.8, 4) is 0 Å². The molecule has 0 spiro atoms. The van der Waals surface area contributed by atoms with E-state index in [0.29, 0.717) is 21.8 Å². The van der Waals surface area contributed by atoms with Gasteiger partial charge in [0.15, 0.2) is 5.58 Å². The number of aromatic amines is 1. The number of hydrogen-bond acceptors (Lipinski definition) is 3. The minimum Gasteiger partial charge on any atom is -0.408 e. The van der Waals surface area contributed by atoms with Gasteiger partial charge in [0.1, 0.15) is 0 Å². The van der Waals surface area contributed by atoms with E-state index in [1.807, 2.05) is 0 Å². The summed E-state index contributed by atoms with van der Waals surface area (Å²) in [6.45, 7) is 0. The van der Waals surface area contributed by atoms with Crippen molar-refractivity contribution in [3.63, 3.8) is 0 Å². The van der Waals surface area contributed by atoms with Gasteiger partial charge in [0.25, 0.3) is 0 Å². The second-order valence-electron chi connectivity index (χ2n) is 4.55. The van der Waals surface area contributed by atoms with Gasteiger partial charge in [-0.05, 0) is 29.8 Å². The topological polar surface area (TPSA) is 75.1 Å². The number of carbonyl (C=O) groups excluding carboxylic acids is 1. The van der Waals surface area contributed by atoms with Gasteiger partial charge in [0, 0.05) is 0 Å². The van der Waals surface area contributed by atoms with Crippen molar-refractivity contribution in [3.05, 3.63) is 63.6 Å². The van der Waals surface area contributed by atoms with Crippen LogP contribution in [0.1, 0.15) is 5.56 Å². The lowest BCUT2D eigenvalue weighted by atomic mass is 10.1. The lowest BCUT2D eigenvalue weighted by Gasteiger charge is -2.06. The third kappa shape index (κ3) is 2.98. The predicted octanol–water partition coefficient (Wildman–Crippen LogP) is 2.96. The van der Waals surface area contributed by atoms with E-state index in [2.05, 4.69) is 10.3 Å². The van der Waals surface area contributed by atoms with Crippen LogP contribution in [-0.4, -0.2) is 10.9 Å². The van der Waals surface area contributed by atoms with Crippen LogP contribution in [0.2, 0.25) is 5.02 Å². The number of nitrogens with one attached hydrogen (secondary N) is 2. The molecule has 0 radical (unpaired) electrons. The van der Waals surface area contributed by atoms with E-state index in [4.69, 9.17) is 16.0 Å². The fourth-order valence-electron chi connectivity index (χ4n) is 2.05. The van der Waals surface area contributed by atoms with Crippen molar-refractivity contribution in [2.75, 3.05) is 5.32 Å². The smallest absolute Gasteiger partial charge is 0.408 e. The standard InChI is InChI=1S/C15H11ClN2O3/c16-10-3-1-2-4-11(10)17-14(19)8-9-5-6-13-12(7-9)18-15(20)21-13/h1-7H,8H2,(H,17,19)(H,18,20). The molecule has 2 aromatic carbocycles. The molecule has 0 bridgehead atoms. The van der Waals surface area contributed by atoms with E-state index < -0.39 is 5.76 Å². The molecule has 3 rings (SSSR count). The summed E-state index contributed by atoms with van der Waals surface area (Å²) in [5, 5.41) is 3.23. The molecule has 0 saturated heterocycles. The molecule has 0 atom stereocenters. The van der Waals surface area contributed by atoms with E-state index in [9.17, 15) is 9.59 Å². The van der Waals surface area contributed by atoms with Crippen LogP contribution in [0.3, 0.4) is 0 Å². The van der Waals surface area contributed by atoms with Crippen molar-refractivity contribution >= 4 is 34.3 Å². The minimum atomic E-state index is -0.511. The number of hydrogen-bond donors (Lipinski definition) is 2. The van der Waals surface area contributed by atoms with E-state index in [0.717, 1.165) is 5.56 Å². The Morgan fingerprint density at radius 2 is 2.05 bits per heavy atom. The number of amides is 1. The summed E-state index contributed by atoms with van der Waals surface area (Å²) in [6.07, 6.45) is 0.175. The van der Waals surface area contributed by atoms with Crippen LogP contribution in [0.25, 0.3) is 11.1 Å². The number of para-hydroxylation sites is 1. The fourth-order valence-corrected chi connectivity index (χ4v) is 2.23. The molecule has 1 heterocycles. The molecule has 0 unspecified atom stereocenters. The Morgan fingerprint density at radius 1 is 1.24 bits per heavy atom. The SMILES string of the molecule is O=C(Cc1ccc2oc(=O)[nH]c2c1)Nc1ccccc1Cl. The second kappa shape index (κ2) is 5.46. The zero-order valence-electron chi connectivity index (χ0n) is 10.9. The van der Waals surface area contributed by atoms with Gasteiger partial charge in [-0.3, -0.25) is 9.78 Å². The molecule has 3 aromatic rings. The molecule has 6 heteroatoms. The highest BCUT2D eigenvalue weighted by molar-refractivity contribution is 6.33. The Bertz CT molecular complexity index is 866. The molecular formula is C15H11ClN2O3. The Morgan fingerprint density at radius 3 is 2.86 bits per heavy atom. The van der Waals surface area contributed by atoms with Crippen molar-refractivity contribution in [1.82, 2.24) is 4.98 Å². The van der Waals surface area contributed by atoms with Crippen molar-refractivity contribution in [2.24, 2.45) is 0 Å². The number of anilines is 1. The van der Waals surface area contributed by atoms with E-state index >= 15 is 0 Å². The van der Waals surface area contributed by atoms with Gasteiger partial charge >= 0.3 is 5.76 Å². The zero-order valence-corrected chi connectivity index (χ0v) is 11.6. The molecule has 0 aliphatic rings. The molecule has 1 amide bonds. The van der Waals surface area contributed by atoms with Crippen LogP contribution in [0.4, 0.5) is 5.69 Å².